The van der Waals surface area contributed by atoms with Gasteiger partial charge in [0.05, 0.1) is 7.11 Å². The van der Waals surface area contributed by atoms with E-state index < -0.39 is 23.7 Å². The fourth-order valence-electron chi connectivity index (χ4n) is 2.64. The first kappa shape index (κ1) is 15.3. The molecular weight excluding hydrogens is 277 g/mol. The zero-order valence-electron chi connectivity index (χ0n) is 12.0. The van der Waals surface area contributed by atoms with Crippen LogP contribution in [0.1, 0.15) is 30.1 Å². The standard InChI is InChI=1S/C15H18FNO4/c1-9-6-7-17(11(8-9)15(19)20)14(18)13-10(16)4-3-5-12(13)21-2/h3-5,9,11H,6-8H2,1-2H3,(H,19,20). The number of halogens is 1. The van der Waals surface area contributed by atoms with Crippen molar-refractivity contribution in [2.24, 2.45) is 5.92 Å². The first-order valence-electron chi connectivity index (χ1n) is 6.82. The summed E-state index contributed by atoms with van der Waals surface area (Å²) in [5.41, 5.74) is -0.208. The molecule has 2 rings (SSSR count). The molecule has 114 valence electrons. The molecule has 0 aliphatic carbocycles. The number of rotatable bonds is 3. The van der Waals surface area contributed by atoms with Crippen molar-refractivity contribution in [3.63, 3.8) is 0 Å². The molecule has 0 spiro atoms. The second kappa shape index (κ2) is 6.11. The van der Waals surface area contributed by atoms with Gasteiger partial charge >= 0.3 is 5.97 Å². The summed E-state index contributed by atoms with van der Waals surface area (Å²) in [6.45, 7) is 2.25. The van der Waals surface area contributed by atoms with Crippen molar-refractivity contribution in [3.8, 4) is 5.75 Å². The van der Waals surface area contributed by atoms with E-state index in [2.05, 4.69) is 0 Å². The van der Waals surface area contributed by atoms with E-state index in [4.69, 9.17) is 4.74 Å². The molecule has 1 aromatic carbocycles. The highest BCUT2D eigenvalue weighted by Crippen LogP contribution is 2.28. The minimum absolute atomic E-state index is 0.114. The maximum atomic E-state index is 14.0. The zero-order valence-corrected chi connectivity index (χ0v) is 12.0. The molecule has 1 N–H and O–H groups in total. The van der Waals surface area contributed by atoms with Gasteiger partial charge in [-0.25, -0.2) is 9.18 Å². The van der Waals surface area contributed by atoms with Gasteiger partial charge in [0.25, 0.3) is 5.91 Å². The Morgan fingerprint density at radius 1 is 1.43 bits per heavy atom. The molecule has 1 aromatic rings. The van der Waals surface area contributed by atoms with Crippen LogP contribution in [0.4, 0.5) is 4.39 Å². The lowest BCUT2D eigenvalue weighted by Crippen LogP contribution is -2.50. The minimum Gasteiger partial charge on any atom is -0.496 e. The highest BCUT2D eigenvalue weighted by atomic mass is 19.1. The Morgan fingerprint density at radius 3 is 2.76 bits per heavy atom. The van der Waals surface area contributed by atoms with E-state index in [1.165, 1.54) is 24.1 Å². The Labute approximate surface area is 122 Å². The SMILES string of the molecule is COc1cccc(F)c1C(=O)N1CCC(C)CC1C(=O)O. The first-order valence-corrected chi connectivity index (χ1v) is 6.82. The number of amides is 1. The van der Waals surface area contributed by atoms with Gasteiger partial charge in [-0.1, -0.05) is 13.0 Å². The molecule has 1 amide bonds. The molecular formula is C15H18FNO4. The number of carbonyl (C=O) groups excluding carboxylic acids is 1. The lowest BCUT2D eigenvalue weighted by molar-refractivity contribution is -0.144. The van der Waals surface area contributed by atoms with Crippen LogP contribution in [0.25, 0.3) is 0 Å². The molecule has 0 saturated carbocycles. The van der Waals surface area contributed by atoms with Crippen molar-refractivity contribution in [3.05, 3.63) is 29.6 Å². The van der Waals surface area contributed by atoms with Crippen LogP contribution in [0.3, 0.4) is 0 Å². The Morgan fingerprint density at radius 2 is 2.14 bits per heavy atom. The molecule has 1 fully saturated rings. The quantitative estimate of drug-likeness (QED) is 0.928. The van der Waals surface area contributed by atoms with Crippen LogP contribution in [0, 0.1) is 11.7 Å². The van der Waals surface area contributed by atoms with Crippen molar-refractivity contribution in [2.75, 3.05) is 13.7 Å². The summed E-state index contributed by atoms with van der Waals surface area (Å²) in [7, 11) is 1.35. The molecule has 1 saturated heterocycles. The largest absolute Gasteiger partial charge is 0.496 e. The normalized spacial score (nSPS) is 22.0. The van der Waals surface area contributed by atoms with Crippen molar-refractivity contribution >= 4 is 11.9 Å². The lowest BCUT2D eigenvalue weighted by atomic mass is 9.91. The number of hydrogen-bond donors (Lipinski definition) is 1. The molecule has 0 bridgehead atoms. The van der Waals surface area contributed by atoms with Gasteiger partial charge in [-0.05, 0) is 30.9 Å². The van der Waals surface area contributed by atoms with Crippen molar-refractivity contribution < 1.29 is 23.8 Å². The molecule has 1 aliphatic heterocycles. The highest BCUT2D eigenvalue weighted by molar-refractivity contribution is 5.99. The summed E-state index contributed by atoms with van der Waals surface area (Å²) in [4.78, 5) is 25.2. The molecule has 6 heteroatoms. The highest BCUT2D eigenvalue weighted by Gasteiger charge is 2.36. The van der Waals surface area contributed by atoms with Crippen molar-refractivity contribution in [1.29, 1.82) is 0 Å². The fourth-order valence-corrected chi connectivity index (χ4v) is 2.64. The van der Waals surface area contributed by atoms with E-state index in [1.54, 1.807) is 0 Å². The van der Waals surface area contributed by atoms with E-state index in [1.807, 2.05) is 6.92 Å². The van der Waals surface area contributed by atoms with E-state index >= 15 is 0 Å². The van der Waals surface area contributed by atoms with Crippen LogP contribution in [-0.2, 0) is 4.79 Å². The van der Waals surface area contributed by atoms with E-state index in [-0.39, 0.29) is 17.2 Å². The summed E-state index contributed by atoms with van der Waals surface area (Å²) in [6, 6.07) is 3.17. The van der Waals surface area contributed by atoms with Gasteiger partial charge < -0.3 is 14.7 Å². The third-order valence-corrected chi connectivity index (χ3v) is 3.82. The number of nitrogens with zero attached hydrogens (tertiary/aromatic N) is 1. The summed E-state index contributed by atoms with van der Waals surface area (Å²) in [6.07, 6.45) is 1.07. The van der Waals surface area contributed by atoms with Crippen LogP contribution in [0.2, 0.25) is 0 Å². The number of aliphatic carboxylic acids is 1. The number of piperidine rings is 1. The minimum atomic E-state index is -1.06. The van der Waals surface area contributed by atoms with Gasteiger partial charge in [0.15, 0.2) is 0 Å². The van der Waals surface area contributed by atoms with Crippen molar-refractivity contribution in [1.82, 2.24) is 4.90 Å². The van der Waals surface area contributed by atoms with Crippen LogP contribution in [-0.4, -0.2) is 41.6 Å². The topological polar surface area (TPSA) is 66.8 Å². The van der Waals surface area contributed by atoms with Gasteiger partial charge in [-0.2, -0.15) is 0 Å². The van der Waals surface area contributed by atoms with Gasteiger partial charge in [-0.15, -0.1) is 0 Å². The van der Waals surface area contributed by atoms with Crippen LogP contribution < -0.4 is 4.74 Å². The molecule has 1 aliphatic rings. The number of benzene rings is 1. The fraction of sp³-hybridized carbons (Fsp3) is 0.467. The number of carboxylic acids is 1. The van der Waals surface area contributed by atoms with Gasteiger partial charge in [-0.3, -0.25) is 4.79 Å². The molecule has 5 nitrogen and oxygen atoms in total. The van der Waals surface area contributed by atoms with Crippen LogP contribution in [0.5, 0.6) is 5.75 Å². The molecule has 1 heterocycles. The number of ether oxygens (including phenoxy) is 1. The average molecular weight is 295 g/mol. The van der Waals surface area contributed by atoms with E-state index in [9.17, 15) is 19.1 Å². The molecule has 2 atom stereocenters. The summed E-state index contributed by atoms with van der Waals surface area (Å²) in [5.74, 6) is -2.07. The summed E-state index contributed by atoms with van der Waals surface area (Å²) < 4.78 is 19.0. The third kappa shape index (κ3) is 2.99. The summed E-state index contributed by atoms with van der Waals surface area (Å²) in [5, 5.41) is 9.30. The van der Waals surface area contributed by atoms with Crippen molar-refractivity contribution in [2.45, 2.75) is 25.8 Å². The number of hydrogen-bond acceptors (Lipinski definition) is 3. The van der Waals surface area contributed by atoms with Gasteiger partial charge in [0.2, 0.25) is 0 Å². The number of carboxylic acid groups (broad SMARTS) is 1. The second-order valence-corrected chi connectivity index (χ2v) is 5.30. The smallest absolute Gasteiger partial charge is 0.326 e. The van der Waals surface area contributed by atoms with E-state index in [0.29, 0.717) is 19.4 Å². The average Bonchev–Trinajstić information content (AvgIpc) is 2.46. The first-order chi connectivity index (χ1) is 9.95. The molecule has 21 heavy (non-hydrogen) atoms. The zero-order chi connectivity index (χ0) is 15.6. The molecule has 2 unspecified atom stereocenters. The van der Waals surface area contributed by atoms with Crippen LogP contribution in [0.15, 0.2) is 18.2 Å². The molecule has 0 aromatic heterocycles. The summed E-state index contributed by atoms with van der Waals surface area (Å²) >= 11 is 0. The predicted octanol–water partition coefficient (Wildman–Crippen LogP) is 2.16. The number of carbonyl (C=O) groups is 2. The Kier molecular flexibility index (Phi) is 4.45. The number of methoxy groups -OCH3 is 1. The molecule has 0 radical (unpaired) electrons. The van der Waals surface area contributed by atoms with E-state index in [0.717, 1.165) is 6.07 Å². The Hall–Kier alpha value is -2.11. The Bertz CT molecular complexity index is 561. The Balaban J connectivity index is 2.36. The predicted molar refractivity (Wildman–Crippen MR) is 73.8 cm³/mol. The van der Waals surface area contributed by atoms with Gasteiger partial charge in [0.1, 0.15) is 23.2 Å². The van der Waals surface area contributed by atoms with Crippen LogP contribution >= 0.6 is 0 Å². The monoisotopic (exact) mass is 295 g/mol. The number of likely N-dealkylation sites (tertiary alicyclic amines) is 1. The maximum Gasteiger partial charge on any atom is 0.326 e. The third-order valence-electron chi connectivity index (χ3n) is 3.82. The van der Waals surface area contributed by atoms with Gasteiger partial charge in [0, 0.05) is 6.54 Å². The second-order valence-electron chi connectivity index (χ2n) is 5.30. The lowest BCUT2D eigenvalue weighted by Gasteiger charge is -2.36. The maximum absolute atomic E-state index is 14.0.